The molecule has 2 atom stereocenters. The van der Waals surface area contributed by atoms with Crippen LogP contribution in [0.4, 0.5) is 0 Å². The van der Waals surface area contributed by atoms with E-state index in [1.807, 2.05) is 30.3 Å². The summed E-state index contributed by atoms with van der Waals surface area (Å²) in [6.45, 7) is 1.27. The molecule has 15 heavy (non-hydrogen) atoms. The maximum Gasteiger partial charge on any atom is 0.111 e. The Balaban J connectivity index is 1.94. The van der Waals surface area contributed by atoms with Gasteiger partial charge in [0.05, 0.1) is 13.2 Å². The Bertz CT molecular complexity index is 284. The highest BCUT2D eigenvalue weighted by atomic mass is 17.1. The summed E-state index contributed by atoms with van der Waals surface area (Å²) in [5.41, 5.74) is 1.10. The Hall–Kier alpha value is -0.940. The fraction of sp³-hybridized carbons (Fsp3) is 0.455. The van der Waals surface area contributed by atoms with Crippen LogP contribution < -0.4 is 0 Å². The molecule has 0 aliphatic carbocycles. The van der Waals surface area contributed by atoms with Gasteiger partial charge in [-0.3, -0.25) is 5.26 Å². The van der Waals surface area contributed by atoms with Gasteiger partial charge in [0.15, 0.2) is 0 Å². The molecular formula is C11H14O4. The topological polar surface area (TPSA) is 51.2 Å². The predicted octanol–water partition coefficient (Wildman–Crippen LogP) is 1.63. The summed E-state index contributed by atoms with van der Waals surface area (Å²) in [5, 5.41) is 8.19. The third-order valence-corrected chi connectivity index (χ3v) is 2.30. The van der Waals surface area contributed by atoms with E-state index < -0.39 is 0 Å². The highest BCUT2D eigenvalue weighted by Gasteiger charge is 2.34. The molecule has 2 rings (SSSR count). The highest BCUT2D eigenvalue weighted by Crippen LogP contribution is 2.30. The summed E-state index contributed by atoms with van der Waals surface area (Å²) >= 11 is 0. The number of hydrogen-bond donors (Lipinski definition) is 1. The van der Waals surface area contributed by atoms with E-state index in [1.165, 1.54) is 0 Å². The van der Waals surface area contributed by atoms with E-state index in [4.69, 9.17) is 14.7 Å². The van der Waals surface area contributed by atoms with Gasteiger partial charge in [-0.2, -0.15) is 0 Å². The van der Waals surface area contributed by atoms with Crippen LogP contribution in [-0.2, 0) is 14.4 Å². The van der Waals surface area contributed by atoms with Crippen LogP contribution >= 0.6 is 0 Å². The summed E-state index contributed by atoms with van der Waals surface area (Å²) in [7, 11) is 0. The molecule has 2 unspecified atom stereocenters. The molecule has 0 spiro atoms. The molecule has 1 aliphatic heterocycles. The zero-order chi connectivity index (χ0) is 10.5. The standard InChI is InChI=1S/C11H14O4/c12-15-7-6-13-11(10-8-14-10)9-4-2-1-3-5-9/h1-5,10-12H,6-8H2. The number of epoxide rings is 1. The first-order valence-electron chi connectivity index (χ1n) is 4.96. The number of ether oxygens (including phenoxy) is 2. The molecule has 0 bridgehead atoms. The normalized spacial score (nSPS) is 21.3. The third kappa shape index (κ3) is 3.00. The maximum absolute atomic E-state index is 8.19. The van der Waals surface area contributed by atoms with Crippen LogP contribution in [0.5, 0.6) is 0 Å². The van der Waals surface area contributed by atoms with E-state index in [9.17, 15) is 0 Å². The van der Waals surface area contributed by atoms with Crippen LogP contribution in [0, 0.1) is 0 Å². The number of rotatable bonds is 6. The molecule has 0 radical (unpaired) electrons. The van der Waals surface area contributed by atoms with E-state index in [0.29, 0.717) is 6.61 Å². The van der Waals surface area contributed by atoms with Crippen molar-refractivity contribution in [1.82, 2.24) is 0 Å². The van der Waals surface area contributed by atoms with Gasteiger partial charge in [0.25, 0.3) is 0 Å². The van der Waals surface area contributed by atoms with Gasteiger partial charge in [-0.25, -0.2) is 4.89 Å². The lowest BCUT2D eigenvalue weighted by atomic mass is 10.1. The van der Waals surface area contributed by atoms with Gasteiger partial charge in [-0.1, -0.05) is 30.3 Å². The molecule has 1 fully saturated rings. The van der Waals surface area contributed by atoms with Crippen LogP contribution in [0.3, 0.4) is 0 Å². The second-order valence-corrected chi connectivity index (χ2v) is 3.41. The molecule has 1 aromatic carbocycles. The Kier molecular flexibility index (Phi) is 3.69. The minimum atomic E-state index is -0.0543. The van der Waals surface area contributed by atoms with E-state index in [0.717, 1.165) is 12.2 Å². The summed E-state index contributed by atoms with van der Waals surface area (Å²) in [6, 6.07) is 9.91. The van der Waals surface area contributed by atoms with Crippen molar-refractivity contribution in [2.45, 2.75) is 12.2 Å². The molecule has 82 valence electrons. The minimum Gasteiger partial charge on any atom is -0.370 e. The van der Waals surface area contributed by atoms with Crippen LogP contribution in [0.25, 0.3) is 0 Å². The van der Waals surface area contributed by atoms with Crippen LogP contribution in [0.1, 0.15) is 11.7 Å². The number of benzene rings is 1. The Morgan fingerprint density at radius 2 is 2.07 bits per heavy atom. The zero-order valence-corrected chi connectivity index (χ0v) is 8.33. The molecule has 1 aliphatic rings. The van der Waals surface area contributed by atoms with Crippen LogP contribution in [0.15, 0.2) is 30.3 Å². The molecule has 1 aromatic rings. The van der Waals surface area contributed by atoms with Gasteiger partial charge in [0.2, 0.25) is 0 Å². The van der Waals surface area contributed by atoms with E-state index >= 15 is 0 Å². The summed E-state index contributed by atoms with van der Waals surface area (Å²) in [5.74, 6) is 0. The van der Waals surface area contributed by atoms with Gasteiger partial charge in [-0.15, -0.1) is 0 Å². The van der Waals surface area contributed by atoms with Gasteiger partial charge in [0, 0.05) is 0 Å². The van der Waals surface area contributed by atoms with Gasteiger partial charge in [0.1, 0.15) is 18.8 Å². The molecule has 1 N–H and O–H groups in total. The van der Waals surface area contributed by atoms with Gasteiger partial charge in [-0.05, 0) is 5.56 Å². The molecule has 1 heterocycles. The first kappa shape index (κ1) is 10.6. The summed E-state index contributed by atoms with van der Waals surface area (Å²) in [4.78, 5) is 3.96. The average molecular weight is 210 g/mol. The zero-order valence-electron chi connectivity index (χ0n) is 8.33. The Labute approximate surface area is 88.3 Å². The van der Waals surface area contributed by atoms with E-state index in [-0.39, 0.29) is 18.8 Å². The van der Waals surface area contributed by atoms with Crippen molar-refractivity contribution in [2.75, 3.05) is 19.8 Å². The molecule has 0 saturated carbocycles. The SMILES string of the molecule is OOCCOC(c1ccccc1)C1CO1. The van der Waals surface area contributed by atoms with Crippen molar-refractivity contribution < 1.29 is 19.6 Å². The molecule has 4 heteroatoms. The molecular weight excluding hydrogens is 196 g/mol. The molecule has 0 amide bonds. The largest absolute Gasteiger partial charge is 0.370 e. The smallest absolute Gasteiger partial charge is 0.111 e. The van der Waals surface area contributed by atoms with Crippen molar-refractivity contribution in [2.24, 2.45) is 0 Å². The van der Waals surface area contributed by atoms with Crippen molar-refractivity contribution >= 4 is 0 Å². The lowest BCUT2D eigenvalue weighted by Crippen LogP contribution is -2.14. The maximum atomic E-state index is 8.19. The minimum absolute atomic E-state index is 0.0543. The van der Waals surface area contributed by atoms with E-state index in [1.54, 1.807) is 0 Å². The fourth-order valence-corrected chi connectivity index (χ4v) is 1.50. The van der Waals surface area contributed by atoms with Crippen molar-refractivity contribution in [3.8, 4) is 0 Å². The molecule has 1 saturated heterocycles. The fourth-order valence-electron chi connectivity index (χ4n) is 1.50. The van der Waals surface area contributed by atoms with Crippen molar-refractivity contribution in [1.29, 1.82) is 0 Å². The third-order valence-electron chi connectivity index (χ3n) is 2.30. The van der Waals surface area contributed by atoms with Gasteiger partial charge >= 0.3 is 0 Å². The first-order chi connectivity index (χ1) is 7.42. The van der Waals surface area contributed by atoms with Crippen LogP contribution in [-0.4, -0.2) is 31.2 Å². The summed E-state index contributed by atoms with van der Waals surface area (Å²) < 4.78 is 10.8. The number of hydrogen-bond acceptors (Lipinski definition) is 4. The van der Waals surface area contributed by atoms with Crippen LogP contribution in [0.2, 0.25) is 0 Å². The summed E-state index contributed by atoms with van der Waals surface area (Å²) in [6.07, 6.45) is 0.0902. The first-order valence-corrected chi connectivity index (χ1v) is 4.96. The lowest BCUT2D eigenvalue weighted by molar-refractivity contribution is -0.251. The monoisotopic (exact) mass is 210 g/mol. The quantitative estimate of drug-likeness (QED) is 0.335. The molecule has 4 nitrogen and oxygen atoms in total. The predicted molar refractivity (Wildman–Crippen MR) is 53.5 cm³/mol. The van der Waals surface area contributed by atoms with Crippen molar-refractivity contribution in [3.63, 3.8) is 0 Å². The second kappa shape index (κ2) is 5.23. The Morgan fingerprint density at radius 3 is 2.67 bits per heavy atom. The van der Waals surface area contributed by atoms with Crippen molar-refractivity contribution in [3.05, 3.63) is 35.9 Å². The van der Waals surface area contributed by atoms with Gasteiger partial charge < -0.3 is 9.47 Å². The molecule has 0 aromatic heterocycles. The van der Waals surface area contributed by atoms with E-state index in [2.05, 4.69) is 4.89 Å². The highest BCUT2D eigenvalue weighted by molar-refractivity contribution is 5.19. The Morgan fingerprint density at radius 1 is 1.33 bits per heavy atom. The second-order valence-electron chi connectivity index (χ2n) is 3.41. The average Bonchev–Trinajstić information content (AvgIpc) is 3.10. The lowest BCUT2D eigenvalue weighted by Gasteiger charge is -2.15.